The fourth-order valence-electron chi connectivity index (χ4n) is 1.90. The molecule has 2 aromatic carbocycles. The van der Waals surface area contributed by atoms with Crippen molar-refractivity contribution < 1.29 is 22.7 Å². The Balaban J connectivity index is 2.10. The molecule has 0 saturated carbocycles. The number of aromatic nitrogens is 1. The molecule has 21 heavy (non-hydrogen) atoms. The number of halogens is 3. The average molecular weight is 294 g/mol. The highest BCUT2D eigenvalue weighted by atomic mass is 19.4. The molecule has 0 aliphatic heterocycles. The lowest BCUT2D eigenvalue weighted by atomic mass is 10.2. The van der Waals surface area contributed by atoms with Crippen molar-refractivity contribution in [2.24, 2.45) is 0 Å². The molecule has 0 fully saturated rings. The topological polar surface area (TPSA) is 72.3 Å². The van der Waals surface area contributed by atoms with Gasteiger partial charge >= 0.3 is 6.18 Å². The van der Waals surface area contributed by atoms with E-state index in [0.717, 1.165) is 12.1 Å². The van der Waals surface area contributed by atoms with Crippen molar-refractivity contribution in [2.45, 2.75) is 6.18 Å². The number of benzene rings is 2. The Kier molecular flexibility index (Phi) is 2.79. The number of alkyl halides is 3. The van der Waals surface area contributed by atoms with E-state index in [4.69, 9.17) is 10.2 Å². The number of nitrogen functional groups attached to an aromatic ring is 1. The van der Waals surface area contributed by atoms with E-state index < -0.39 is 11.7 Å². The standard InChI is InChI=1S/C14H9F3N2O2/c15-14(16,17)8-2-4-12-10(6-8)19-13(21-12)7-1-3-9(18)11(20)5-7/h1-6,20H,18H2. The highest BCUT2D eigenvalue weighted by Crippen LogP contribution is 2.33. The van der Waals surface area contributed by atoms with Crippen molar-refractivity contribution in [2.75, 3.05) is 5.73 Å². The SMILES string of the molecule is Nc1ccc(-c2nc3cc(C(F)(F)F)ccc3o2)cc1O. The van der Waals surface area contributed by atoms with Crippen LogP contribution < -0.4 is 5.73 Å². The Bertz CT molecular complexity index is 825. The molecule has 0 bridgehead atoms. The number of fused-ring (bicyclic) bond motifs is 1. The minimum absolute atomic E-state index is 0.0936. The molecule has 0 saturated heterocycles. The third kappa shape index (κ3) is 2.37. The van der Waals surface area contributed by atoms with Crippen LogP contribution in [0.4, 0.5) is 18.9 Å². The summed E-state index contributed by atoms with van der Waals surface area (Å²) in [5.41, 5.74) is 5.62. The molecule has 3 rings (SSSR count). The first-order chi connectivity index (χ1) is 9.84. The fraction of sp³-hybridized carbons (Fsp3) is 0.0714. The zero-order valence-electron chi connectivity index (χ0n) is 10.5. The van der Waals surface area contributed by atoms with E-state index in [1.807, 2.05) is 0 Å². The van der Waals surface area contributed by atoms with Crippen LogP contribution in [0.25, 0.3) is 22.6 Å². The van der Waals surface area contributed by atoms with E-state index in [1.54, 1.807) is 6.07 Å². The van der Waals surface area contributed by atoms with E-state index in [0.29, 0.717) is 5.56 Å². The van der Waals surface area contributed by atoms with E-state index in [1.165, 1.54) is 18.2 Å². The molecule has 7 heteroatoms. The molecule has 1 heterocycles. The van der Waals surface area contributed by atoms with Crippen molar-refractivity contribution in [1.29, 1.82) is 0 Å². The predicted molar refractivity (Wildman–Crippen MR) is 70.5 cm³/mol. The number of rotatable bonds is 1. The number of nitrogens with two attached hydrogens (primary N) is 1. The first-order valence-electron chi connectivity index (χ1n) is 5.91. The predicted octanol–water partition coefficient (Wildman–Crippen LogP) is 3.80. The molecule has 3 aromatic rings. The molecule has 1 aromatic heterocycles. The molecular formula is C14H9F3N2O2. The molecule has 0 atom stereocenters. The number of nitrogens with zero attached hydrogens (tertiary/aromatic N) is 1. The van der Waals surface area contributed by atoms with Crippen LogP contribution >= 0.6 is 0 Å². The maximum atomic E-state index is 12.6. The minimum atomic E-state index is -4.44. The summed E-state index contributed by atoms with van der Waals surface area (Å²) in [5, 5.41) is 9.54. The molecule has 0 aliphatic rings. The van der Waals surface area contributed by atoms with Gasteiger partial charge in [0.15, 0.2) is 5.58 Å². The van der Waals surface area contributed by atoms with E-state index in [-0.39, 0.29) is 28.4 Å². The summed E-state index contributed by atoms with van der Waals surface area (Å²) in [7, 11) is 0. The molecular weight excluding hydrogens is 285 g/mol. The second-order valence-corrected chi connectivity index (χ2v) is 4.47. The van der Waals surface area contributed by atoms with Crippen LogP contribution in [0.3, 0.4) is 0 Å². The van der Waals surface area contributed by atoms with Crippen LogP contribution in [-0.4, -0.2) is 10.1 Å². The second-order valence-electron chi connectivity index (χ2n) is 4.47. The Morgan fingerprint density at radius 2 is 1.86 bits per heavy atom. The lowest BCUT2D eigenvalue weighted by Gasteiger charge is -2.04. The van der Waals surface area contributed by atoms with Gasteiger partial charge in [0.05, 0.1) is 11.3 Å². The van der Waals surface area contributed by atoms with Crippen LogP contribution in [-0.2, 0) is 6.18 Å². The monoisotopic (exact) mass is 294 g/mol. The zero-order valence-corrected chi connectivity index (χ0v) is 10.5. The number of hydrogen-bond donors (Lipinski definition) is 2. The lowest BCUT2D eigenvalue weighted by Crippen LogP contribution is -2.03. The molecule has 108 valence electrons. The van der Waals surface area contributed by atoms with Gasteiger partial charge in [-0.15, -0.1) is 0 Å². The molecule has 0 spiro atoms. The van der Waals surface area contributed by atoms with Crippen molar-refractivity contribution in [3.8, 4) is 17.2 Å². The molecule has 0 aliphatic carbocycles. The van der Waals surface area contributed by atoms with Crippen molar-refractivity contribution in [3.05, 3.63) is 42.0 Å². The van der Waals surface area contributed by atoms with Gasteiger partial charge in [-0.2, -0.15) is 13.2 Å². The Morgan fingerprint density at radius 3 is 2.52 bits per heavy atom. The smallest absolute Gasteiger partial charge is 0.416 e. The molecule has 0 radical (unpaired) electrons. The van der Waals surface area contributed by atoms with Gasteiger partial charge in [0.2, 0.25) is 5.89 Å². The number of hydrogen-bond acceptors (Lipinski definition) is 4. The summed E-state index contributed by atoms with van der Waals surface area (Å²) in [6.07, 6.45) is -4.44. The first-order valence-corrected chi connectivity index (χ1v) is 5.91. The summed E-state index contributed by atoms with van der Waals surface area (Å²) >= 11 is 0. The third-order valence-corrected chi connectivity index (χ3v) is 2.99. The Morgan fingerprint density at radius 1 is 1.10 bits per heavy atom. The third-order valence-electron chi connectivity index (χ3n) is 2.99. The van der Waals surface area contributed by atoms with Gasteiger partial charge in [-0.25, -0.2) is 4.98 Å². The summed E-state index contributed by atoms with van der Waals surface area (Å²) in [4.78, 5) is 4.01. The van der Waals surface area contributed by atoms with Gasteiger partial charge in [-0.1, -0.05) is 0 Å². The van der Waals surface area contributed by atoms with Crippen LogP contribution in [0.15, 0.2) is 40.8 Å². The number of oxazole rings is 1. The minimum Gasteiger partial charge on any atom is -0.506 e. The van der Waals surface area contributed by atoms with Crippen LogP contribution in [0.1, 0.15) is 5.56 Å². The number of aromatic hydroxyl groups is 1. The van der Waals surface area contributed by atoms with Crippen molar-refractivity contribution in [1.82, 2.24) is 4.98 Å². The quantitative estimate of drug-likeness (QED) is 0.529. The Labute approximate surface area is 116 Å². The number of phenolic OH excluding ortho intramolecular Hbond substituents is 1. The molecule has 0 amide bonds. The van der Waals surface area contributed by atoms with Gasteiger partial charge in [0.1, 0.15) is 11.3 Å². The summed E-state index contributed by atoms with van der Waals surface area (Å²) in [6, 6.07) is 7.42. The normalized spacial score (nSPS) is 12.0. The molecule has 4 nitrogen and oxygen atoms in total. The fourth-order valence-corrected chi connectivity index (χ4v) is 1.90. The Hall–Kier alpha value is -2.70. The number of phenols is 1. The summed E-state index contributed by atoms with van der Waals surface area (Å²) in [5.74, 6) is -0.0367. The highest BCUT2D eigenvalue weighted by molar-refractivity contribution is 5.77. The van der Waals surface area contributed by atoms with Crippen LogP contribution in [0.5, 0.6) is 5.75 Å². The van der Waals surface area contributed by atoms with Gasteiger partial charge < -0.3 is 15.3 Å². The summed E-state index contributed by atoms with van der Waals surface area (Å²) < 4.78 is 43.3. The lowest BCUT2D eigenvalue weighted by molar-refractivity contribution is -0.137. The first kappa shape index (κ1) is 13.3. The van der Waals surface area contributed by atoms with E-state index in [2.05, 4.69) is 4.98 Å². The average Bonchev–Trinajstić information content (AvgIpc) is 2.83. The second kappa shape index (κ2) is 4.41. The van der Waals surface area contributed by atoms with Gasteiger partial charge in [0.25, 0.3) is 0 Å². The maximum Gasteiger partial charge on any atom is 0.416 e. The largest absolute Gasteiger partial charge is 0.506 e. The van der Waals surface area contributed by atoms with Gasteiger partial charge in [-0.05, 0) is 36.4 Å². The maximum absolute atomic E-state index is 12.6. The van der Waals surface area contributed by atoms with Crippen molar-refractivity contribution >= 4 is 16.8 Å². The van der Waals surface area contributed by atoms with Crippen LogP contribution in [0.2, 0.25) is 0 Å². The summed E-state index contributed by atoms with van der Waals surface area (Å²) in [6.45, 7) is 0. The van der Waals surface area contributed by atoms with E-state index >= 15 is 0 Å². The highest BCUT2D eigenvalue weighted by Gasteiger charge is 2.31. The van der Waals surface area contributed by atoms with Gasteiger partial charge in [-0.3, -0.25) is 0 Å². The van der Waals surface area contributed by atoms with Crippen molar-refractivity contribution in [3.63, 3.8) is 0 Å². The van der Waals surface area contributed by atoms with E-state index in [9.17, 15) is 18.3 Å². The van der Waals surface area contributed by atoms with Gasteiger partial charge in [0, 0.05) is 5.56 Å². The molecule has 3 N–H and O–H groups in total. The van der Waals surface area contributed by atoms with Crippen LogP contribution in [0, 0.1) is 0 Å². The zero-order chi connectivity index (χ0) is 15.2. The number of anilines is 1. The molecule has 0 unspecified atom stereocenters.